The number of ether oxygens (including phenoxy) is 1. The van der Waals surface area contributed by atoms with Crippen molar-refractivity contribution in [3.8, 4) is 5.75 Å². The highest BCUT2D eigenvalue weighted by atomic mass is 32.2. The van der Waals surface area contributed by atoms with Gasteiger partial charge in [-0.05, 0) is 83.9 Å². The minimum atomic E-state index is -3.98. The lowest BCUT2D eigenvalue weighted by atomic mass is 10.0. The standard InChI is InChI=1S/C35H30F2N4O5S/c36-27-11-9-25(10-12-27)23-41(34(26-6-2-1-3-7-26)35(43)39-22-30-8-4-5-21-38-30)33(42)24-46-31-17-19-32(20-18-31)47(44,45)40-29-15-13-28(37)14-16-29/h1-21,34,40H,22-24H2,(H,39,43). The van der Waals surface area contributed by atoms with E-state index in [1.54, 1.807) is 54.7 Å². The van der Waals surface area contributed by atoms with Crippen molar-refractivity contribution in [2.75, 3.05) is 11.3 Å². The van der Waals surface area contributed by atoms with Gasteiger partial charge >= 0.3 is 0 Å². The molecule has 1 unspecified atom stereocenters. The molecule has 1 atom stereocenters. The summed E-state index contributed by atoms with van der Waals surface area (Å²) in [6.45, 7) is -0.396. The molecule has 0 saturated heterocycles. The molecule has 4 aromatic carbocycles. The van der Waals surface area contributed by atoms with Gasteiger partial charge in [0.05, 0.1) is 17.1 Å². The predicted octanol–water partition coefficient (Wildman–Crippen LogP) is 5.63. The zero-order valence-electron chi connectivity index (χ0n) is 24.9. The number of aromatic nitrogens is 1. The molecule has 9 nitrogen and oxygen atoms in total. The molecule has 5 aromatic rings. The lowest BCUT2D eigenvalue weighted by molar-refractivity contribution is -0.143. The Labute approximate surface area is 270 Å². The van der Waals surface area contributed by atoms with E-state index in [4.69, 9.17) is 4.74 Å². The number of carbonyl (C=O) groups excluding carboxylic acids is 2. The Balaban J connectivity index is 1.35. The number of hydrogen-bond donors (Lipinski definition) is 2. The quantitative estimate of drug-likeness (QED) is 0.170. The number of nitrogens with one attached hydrogen (secondary N) is 2. The average molecular weight is 657 g/mol. The highest BCUT2D eigenvalue weighted by Crippen LogP contribution is 2.25. The van der Waals surface area contributed by atoms with Gasteiger partial charge in [-0.2, -0.15) is 0 Å². The third kappa shape index (κ3) is 8.98. The molecule has 0 spiro atoms. The van der Waals surface area contributed by atoms with Crippen LogP contribution >= 0.6 is 0 Å². The molecule has 0 saturated carbocycles. The maximum absolute atomic E-state index is 13.8. The number of hydrogen-bond acceptors (Lipinski definition) is 6. The smallest absolute Gasteiger partial charge is 0.261 e. The summed E-state index contributed by atoms with van der Waals surface area (Å²) in [5.41, 5.74) is 1.95. The van der Waals surface area contributed by atoms with Gasteiger partial charge in [0.25, 0.3) is 15.9 Å². The molecule has 0 bridgehead atoms. The molecule has 240 valence electrons. The van der Waals surface area contributed by atoms with Crippen LogP contribution in [0, 0.1) is 11.6 Å². The lowest BCUT2D eigenvalue weighted by Gasteiger charge is -2.31. The van der Waals surface area contributed by atoms with Crippen molar-refractivity contribution in [3.05, 3.63) is 156 Å². The minimum absolute atomic E-state index is 0.0364. The van der Waals surface area contributed by atoms with Crippen molar-refractivity contribution in [1.82, 2.24) is 15.2 Å². The largest absolute Gasteiger partial charge is 0.484 e. The third-order valence-electron chi connectivity index (χ3n) is 7.02. The summed E-state index contributed by atoms with van der Waals surface area (Å²) in [5.74, 6) is -1.75. The van der Waals surface area contributed by atoms with Gasteiger partial charge in [0.15, 0.2) is 6.61 Å². The van der Waals surface area contributed by atoms with Crippen LogP contribution in [-0.2, 0) is 32.7 Å². The van der Waals surface area contributed by atoms with Gasteiger partial charge in [-0.3, -0.25) is 19.3 Å². The fourth-order valence-electron chi connectivity index (χ4n) is 4.67. The summed E-state index contributed by atoms with van der Waals surface area (Å²) >= 11 is 0. The number of amides is 2. The van der Waals surface area contributed by atoms with E-state index in [1.807, 2.05) is 0 Å². The Bertz CT molecular complexity index is 1890. The van der Waals surface area contributed by atoms with E-state index in [2.05, 4.69) is 15.0 Å². The van der Waals surface area contributed by atoms with Crippen molar-refractivity contribution in [1.29, 1.82) is 0 Å². The molecule has 12 heteroatoms. The van der Waals surface area contributed by atoms with E-state index >= 15 is 0 Å². The first-order valence-corrected chi connectivity index (χ1v) is 15.9. The molecule has 0 radical (unpaired) electrons. The number of benzene rings is 4. The molecular formula is C35H30F2N4O5S. The highest BCUT2D eigenvalue weighted by molar-refractivity contribution is 7.92. The van der Waals surface area contributed by atoms with Crippen LogP contribution in [0.25, 0.3) is 0 Å². The Morgan fingerprint density at radius 1 is 0.787 bits per heavy atom. The van der Waals surface area contributed by atoms with E-state index in [0.29, 0.717) is 16.8 Å². The van der Waals surface area contributed by atoms with E-state index in [1.165, 1.54) is 65.6 Å². The van der Waals surface area contributed by atoms with E-state index in [9.17, 15) is 26.8 Å². The zero-order valence-corrected chi connectivity index (χ0v) is 25.7. The van der Waals surface area contributed by atoms with Crippen LogP contribution in [-0.4, -0.2) is 36.7 Å². The van der Waals surface area contributed by atoms with Crippen molar-refractivity contribution in [3.63, 3.8) is 0 Å². The Morgan fingerprint density at radius 3 is 2.06 bits per heavy atom. The fourth-order valence-corrected chi connectivity index (χ4v) is 5.73. The van der Waals surface area contributed by atoms with Crippen LogP contribution in [0.3, 0.4) is 0 Å². The summed E-state index contributed by atoms with van der Waals surface area (Å²) in [5, 5.41) is 2.86. The fraction of sp³-hybridized carbons (Fsp3) is 0.114. The summed E-state index contributed by atoms with van der Waals surface area (Å²) in [4.78, 5) is 33.1. The zero-order chi connectivity index (χ0) is 33.2. The molecular weight excluding hydrogens is 626 g/mol. The topological polar surface area (TPSA) is 118 Å². The molecule has 0 aliphatic carbocycles. The second kappa shape index (κ2) is 15.1. The third-order valence-corrected chi connectivity index (χ3v) is 8.42. The van der Waals surface area contributed by atoms with Crippen LogP contribution in [0.4, 0.5) is 14.5 Å². The second-order valence-electron chi connectivity index (χ2n) is 10.4. The monoisotopic (exact) mass is 656 g/mol. The van der Waals surface area contributed by atoms with Gasteiger partial charge in [-0.1, -0.05) is 48.5 Å². The molecule has 0 aliphatic heterocycles. The summed E-state index contributed by atoms with van der Waals surface area (Å²) in [6.07, 6.45) is 1.61. The molecule has 0 aliphatic rings. The normalized spacial score (nSPS) is 11.7. The van der Waals surface area contributed by atoms with Gasteiger partial charge < -0.3 is 15.0 Å². The minimum Gasteiger partial charge on any atom is -0.484 e. The predicted molar refractivity (Wildman–Crippen MR) is 171 cm³/mol. The van der Waals surface area contributed by atoms with E-state index in [0.717, 1.165) is 12.1 Å². The molecule has 5 rings (SSSR count). The van der Waals surface area contributed by atoms with E-state index < -0.39 is 46.1 Å². The number of anilines is 1. The lowest BCUT2D eigenvalue weighted by Crippen LogP contribution is -2.45. The highest BCUT2D eigenvalue weighted by Gasteiger charge is 2.32. The van der Waals surface area contributed by atoms with Crippen LogP contribution in [0.2, 0.25) is 0 Å². The van der Waals surface area contributed by atoms with Crippen LogP contribution in [0.5, 0.6) is 5.75 Å². The van der Waals surface area contributed by atoms with Gasteiger partial charge in [0.2, 0.25) is 5.91 Å². The maximum atomic E-state index is 13.8. The molecule has 1 heterocycles. The van der Waals surface area contributed by atoms with E-state index in [-0.39, 0.29) is 29.4 Å². The molecule has 1 aromatic heterocycles. The second-order valence-corrected chi connectivity index (χ2v) is 12.1. The Hall–Kier alpha value is -5.62. The van der Waals surface area contributed by atoms with Crippen LogP contribution in [0.1, 0.15) is 22.9 Å². The van der Waals surface area contributed by atoms with Gasteiger partial charge in [-0.15, -0.1) is 0 Å². The average Bonchev–Trinajstić information content (AvgIpc) is 3.09. The van der Waals surface area contributed by atoms with Crippen LogP contribution < -0.4 is 14.8 Å². The van der Waals surface area contributed by atoms with Crippen LogP contribution in [0.15, 0.2) is 132 Å². The molecule has 47 heavy (non-hydrogen) atoms. The number of pyridine rings is 1. The summed E-state index contributed by atoms with van der Waals surface area (Å²) in [7, 11) is -3.98. The van der Waals surface area contributed by atoms with Crippen molar-refractivity contribution in [2.45, 2.75) is 24.0 Å². The van der Waals surface area contributed by atoms with Gasteiger partial charge in [0.1, 0.15) is 23.4 Å². The number of rotatable bonds is 13. The van der Waals surface area contributed by atoms with Gasteiger partial charge in [-0.25, -0.2) is 17.2 Å². The first-order valence-electron chi connectivity index (χ1n) is 14.5. The Kier molecular flexibility index (Phi) is 10.5. The number of carbonyl (C=O) groups is 2. The van der Waals surface area contributed by atoms with Crippen molar-refractivity contribution >= 4 is 27.5 Å². The SMILES string of the molecule is O=C(NCc1ccccn1)C(c1ccccc1)N(Cc1ccc(F)cc1)C(=O)COc1ccc(S(=O)(=O)Nc2ccc(F)cc2)cc1. The Morgan fingerprint density at radius 2 is 1.43 bits per heavy atom. The molecule has 2 amide bonds. The number of halogens is 2. The first-order chi connectivity index (χ1) is 22.7. The van der Waals surface area contributed by atoms with Crippen molar-refractivity contribution in [2.24, 2.45) is 0 Å². The first kappa shape index (κ1) is 32.8. The maximum Gasteiger partial charge on any atom is 0.261 e. The number of nitrogens with zero attached hydrogens (tertiary/aromatic N) is 2. The molecule has 0 fully saturated rings. The number of sulfonamides is 1. The summed E-state index contributed by atoms with van der Waals surface area (Å²) < 4.78 is 60.6. The summed E-state index contributed by atoms with van der Waals surface area (Å²) in [6, 6.07) is 28.9. The molecule has 2 N–H and O–H groups in total. The van der Waals surface area contributed by atoms with Gasteiger partial charge in [0, 0.05) is 18.4 Å². The van der Waals surface area contributed by atoms with Crippen molar-refractivity contribution < 1.29 is 31.5 Å².